The van der Waals surface area contributed by atoms with Crippen molar-refractivity contribution in [3.05, 3.63) is 66.0 Å². The third-order valence-electron chi connectivity index (χ3n) is 4.35. The van der Waals surface area contributed by atoms with E-state index in [2.05, 4.69) is 10.1 Å². The van der Waals surface area contributed by atoms with Crippen molar-refractivity contribution in [3.8, 4) is 0 Å². The number of hydrogen-bond donors (Lipinski definition) is 1. The van der Waals surface area contributed by atoms with Crippen LogP contribution in [0.25, 0.3) is 5.52 Å². The average molecular weight is 326 g/mol. The lowest BCUT2D eigenvalue weighted by Gasteiger charge is -2.24. The van der Waals surface area contributed by atoms with Crippen molar-refractivity contribution in [3.63, 3.8) is 0 Å². The standard InChI is InChI=1S/C17H15FN4O2/c18-12-3-1-11(2-4-12)15-7-13(23)10-21(15)17(24)14-8-20-22-6-5-19-9-16(14)22/h1-6,8-9,13,15,23H,7,10H2/t13-,15+/m0/s1. The predicted molar refractivity (Wildman–Crippen MR) is 83.8 cm³/mol. The summed E-state index contributed by atoms with van der Waals surface area (Å²) in [5, 5.41) is 14.2. The molecule has 0 radical (unpaired) electrons. The minimum Gasteiger partial charge on any atom is -0.391 e. The average Bonchev–Trinajstić information content (AvgIpc) is 3.19. The van der Waals surface area contributed by atoms with Crippen LogP contribution in [0.5, 0.6) is 0 Å². The van der Waals surface area contributed by atoms with E-state index in [9.17, 15) is 14.3 Å². The number of β-amino-alcohol motifs (C(OH)–C–C–N with tert-alkyl or cyclic N) is 1. The van der Waals surface area contributed by atoms with Gasteiger partial charge in [0.05, 0.1) is 35.6 Å². The number of aliphatic hydroxyl groups is 1. The van der Waals surface area contributed by atoms with Gasteiger partial charge < -0.3 is 10.0 Å². The molecule has 3 aromatic rings. The Hall–Kier alpha value is -2.80. The Bertz CT molecular complexity index is 893. The minimum atomic E-state index is -0.607. The van der Waals surface area contributed by atoms with Gasteiger partial charge in [0.15, 0.2) is 0 Å². The quantitative estimate of drug-likeness (QED) is 0.780. The molecule has 0 unspecified atom stereocenters. The number of carbonyl (C=O) groups is 1. The second-order valence-corrected chi connectivity index (χ2v) is 5.88. The van der Waals surface area contributed by atoms with Gasteiger partial charge >= 0.3 is 0 Å². The zero-order valence-corrected chi connectivity index (χ0v) is 12.7. The Morgan fingerprint density at radius 2 is 2.04 bits per heavy atom. The fraction of sp³-hybridized carbons (Fsp3) is 0.235. The van der Waals surface area contributed by atoms with Crippen molar-refractivity contribution in [2.24, 2.45) is 0 Å². The highest BCUT2D eigenvalue weighted by Gasteiger charge is 2.36. The van der Waals surface area contributed by atoms with Crippen LogP contribution >= 0.6 is 0 Å². The summed E-state index contributed by atoms with van der Waals surface area (Å²) in [4.78, 5) is 18.6. The zero-order valence-electron chi connectivity index (χ0n) is 12.7. The number of amides is 1. The van der Waals surface area contributed by atoms with Crippen LogP contribution in [-0.4, -0.2) is 43.2 Å². The molecule has 1 saturated heterocycles. The van der Waals surface area contributed by atoms with Crippen LogP contribution in [0.2, 0.25) is 0 Å². The highest BCUT2D eigenvalue weighted by Crippen LogP contribution is 2.34. The molecule has 1 fully saturated rings. The van der Waals surface area contributed by atoms with Gasteiger partial charge in [0.1, 0.15) is 5.82 Å². The second-order valence-electron chi connectivity index (χ2n) is 5.88. The molecular formula is C17H15FN4O2. The summed E-state index contributed by atoms with van der Waals surface area (Å²) in [6.45, 7) is 0.235. The molecule has 1 aliphatic rings. The molecule has 2 aromatic heterocycles. The van der Waals surface area contributed by atoms with Crippen LogP contribution in [0.15, 0.2) is 49.1 Å². The van der Waals surface area contributed by atoms with Crippen LogP contribution in [0.4, 0.5) is 4.39 Å². The summed E-state index contributed by atoms with van der Waals surface area (Å²) >= 11 is 0. The van der Waals surface area contributed by atoms with Gasteiger partial charge in [0, 0.05) is 18.9 Å². The topological polar surface area (TPSA) is 70.7 Å². The summed E-state index contributed by atoms with van der Waals surface area (Å²) in [6, 6.07) is 5.73. The number of fused-ring (bicyclic) bond motifs is 1. The van der Waals surface area contributed by atoms with Crippen LogP contribution in [0.1, 0.15) is 28.4 Å². The fourth-order valence-corrected chi connectivity index (χ4v) is 3.19. The van der Waals surface area contributed by atoms with Gasteiger partial charge in [0.25, 0.3) is 5.91 Å². The van der Waals surface area contributed by atoms with E-state index in [1.165, 1.54) is 18.3 Å². The van der Waals surface area contributed by atoms with Crippen LogP contribution in [-0.2, 0) is 0 Å². The molecule has 4 rings (SSSR count). The first kappa shape index (κ1) is 14.8. The summed E-state index contributed by atoms with van der Waals surface area (Å²) in [5.74, 6) is -0.548. The van der Waals surface area contributed by atoms with Gasteiger partial charge in [-0.25, -0.2) is 8.91 Å². The molecule has 0 spiro atoms. The summed E-state index contributed by atoms with van der Waals surface area (Å²) in [5.41, 5.74) is 1.85. The van der Waals surface area contributed by atoms with Gasteiger partial charge in [-0.1, -0.05) is 12.1 Å². The molecule has 0 saturated carbocycles. The number of rotatable bonds is 2. The van der Waals surface area contributed by atoms with Crippen LogP contribution in [0.3, 0.4) is 0 Å². The van der Waals surface area contributed by atoms with Crippen molar-refractivity contribution >= 4 is 11.4 Å². The first-order valence-electron chi connectivity index (χ1n) is 7.65. The first-order chi connectivity index (χ1) is 11.6. The molecule has 24 heavy (non-hydrogen) atoms. The van der Waals surface area contributed by atoms with E-state index in [1.807, 2.05) is 0 Å². The maximum absolute atomic E-state index is 13.2. The Morgan fingerprint density at radius 3 is 2.83 bits per heavy atom. The Morgan fingerprint density at radius 1 is 1.25 bits per heavy atom. The maximum Gasteiger partial charge on any atom is 0.258 e. The van der Waals surface area contributed by atoms with Crippen molar-refractivity contribution in [1.82, 2.24) is 19.5 Å². The number of halogens is 1. The normalized spacial score (nSPS) is 20.7. The number of aromatic nitrogens is 3. The van der Waals surface area contributed by atoms with E-state index in [0.717, 1.165) is 5.56 Å². The highest BCUT2D eigenvalue weighted by molar-refractivity contribution is 6.00. The molecule has 1 amide bonds. The molecule has 6 nitrogen and oxygen atoms in total. The SMILES string of the molecule is O=C(c1cnn2ccncc12)N1C[C@@H](O)C[C@@H]1c1ccc(F)cc1. The number of carbonyl (C=O) groups excluding carboxylic acids is 1. The second kappa shape index (κ2) is 5.68. The zero-order chi connectivity index (χ0) is 16.7. The molecule has 1 aromatic carbocycles. The number of hydrogen-bond acceptors (Lipinski definition) is 4. The number of benzene rings is 1. The summed E-state index contributed by atoms with van der Waals surface area (Å²) in [6.07, 6.45) is 6.17. The summed E-state index contributed by atoms with van der Waals surface area (Å²) < 4.78 is 14.7. The van der Waals surface area contributed by atoms with E-state index < -0.39 is 6.10 Å². The van der Waals surface area contributed by atoms with Crippen LogP contribution < -0.4 is 0 Å². The van der Waals surface area contributed by atoms with Crippen molar-refractivity contribution < 1.29 is 14.3 Å². The lowest BCUT2D eigenvalue weighted by atomic mass is 10.0. The van der Waals surface area contributed by atoms with E-state index in [4.69, 9.17) is 0 Å². The van der Waals surface area contributed by atoms with Gasteiger partial charge in [-0.3, -0.25) is 9.78 Å². The Labute approximate surface area is 137 Å². The van der Waals surface area contributed by atoms with Gasteiger partial charge in [-0.05, 0) is 24.1 Å². The van der Waals surface area contributed by atoms with Crippen LogP contribution in [0, 0.1) is 5.82 Å². The molecule has 2 atom stereocenters. The smallest absolute Gasteiger partial charge is 0.258 e. The molecule has 3 heterocycles. The third-order valence-corrected chi connectivity index (χ3v) is 4.35. The minimum absolute atomic E-state index is 0.219. The van der Waals surface area contributed by atoms with E-state index >= 15 is 0 Å². The molecule has 0 aliphatic carbocycles. The van der Waals surface area contributed by atoms with Gasteiger partial charge in [0.2, 0.25) is 0 Å². The maximum atomic E-state index is 13.2. The molecule has 122 valence electrons. The van der Waals surface area contributed by atoms with Gasteiger partial charge in [-0.2, -0.15) is 5.10 Å². The molecule has 0 bridgehead atoms. The first-order valence-corrected chi connectivity index (χ1v) is 7.65. The number of aliphatic hydroxyl groups excluding tert-OH is 1. The lowest BCUT2D eigenvalue weighted by Crippen LogP contribution is -2.31. The van der Waals surface area contributed by atoms with E-state index in [0.29, 0.717) is 17.5 Å². The Kier molecular flexibility index (Phi) is 3.50. The lowest BCUT2D eigenvalue weighted by molar-refractivity contribution is 0.0717. The molecular weight excluding hydrogens is 311 g/mol. The largest absolute Gasteiger partial charge is 0.391 e. The third kappa shape index (κ3) is 2.43. The van der Waals surface area contributed by atoms with Crippen molar-refractivity contribution in [2.45, 2.75) is 18.6 Å². The van der Waals surface area contributed by atoms with Crippen molar-refractivity contribution in [1.29, 1.82) is 0 Å². The Balaban J connectivity index is 1.70. The number of likely N-dealkylation sites (tertiary alicyclic amines) is 1. The summed E-state index contributed by atoms with van der Waals surface area (Å²) in [7, 11) is 0. The predicted octanol–water partition coefficient (Wildman–Crippen LogP) is 1.82. The van der Waals surface area contributed by atoms with Crippen molar-refractivity contribution in [2.75, 3.05) is 6.54 Å². The molecule has 1 aliphatic heterocycles. The fourth-order valence-electron chi connectivity index (χ4n) is 3.19. The van der Waals surface area contributed by atoms with E-state index in [-0.39, 0.29) is 24.3 Å². The molecule has 7 heteroatoms. The van der Waals surface area contributed by atoms with E-state index in [1.54, 1.807) is 40.1 Å². The monoisotopic (exact) mass is 326 g/mol. The molecule has 1 N–H and O–H groups in total. The number of nitrogens with zero attached hydrogens (tertiary/aromatic N) is 4. The van der Waals surface area contributed by atoms with Gasteiger partial charge in [-0.15, -0.1) is 0 Å². The highest BCUT2D eigenvalue weighted by atomic mass is 19.1.